The first kappa shape index (κ1) is 10.3. The lowest BCUT2D eigenvalue weighted by Gasteiger charge is -2.02. The summed E-state index contributed by atoms with van der Waals surface area (Å²) in [5.74, 6) is -0.748. The lowest BCUT2D eigenvalue weighted by Crippen LogP contribution is -2.03. The molecule has 0 atom stereocenters. The normalized spacial score (nSPS) is 10.1. The highest BCUT2D eigenvalue weighted by atomic mass is 19.1. The quantitative estimate of drug-likeness (QED) is 0.617. The number of rotatable bonds is 2. The highest BCUT2D eigenvalue weighted by Crippen LogP contribution is 2.15. The number of nitrogen functional groups attached to an aromatic ring is 1. The molecule has 0 unspecified atom stereocenters. The van der Waals surface area contributed by atoms with Gasteiger partial charge < -0.3 is 5.73 Å². The molecule has 4 heteroatoms. The van der Waals surface area contributed by atoms with Gasteiger partial charge in [0, 0.05) is 23.5 Å². The van der Waals surface area contributed by atoms with Gasteiger partial charge in [-0.25, -0.2) is 4.39 Å². The SMILES string of the molecule is Nc1cc(C(=O)c2cccnc2)ccc1F. The molecule has 0 fully saturated rings. The van der Waals surface area contributed by atoms with Gasteiger partial charge in [-0.3, -0.25) is 9.78 Å². The Hall–Kier alpha value is -2.23. The summed E-state index contributed by atoms with van der Waals surface area (Å²) < 4.78 is 12.9. The fraction of sp³-hybridized carbons (Fsp3) is 0. The summed E-state index contributed by atoms with van der Waals surface area (Å²) in [5, 5.41) is 0. The molecule has 0 spiro atoms. The summed E-state index contributed by atoms with van der Waals surface area (Å²) in [5.41, 5.74) is 6.17. The van der Waals surface area contributed by atoms with E-state index in [1.54, 1.807) is 18.3 Å². The minimum Gasteiger partial charge on any atom is -0.396 e. The molecule has 0 amide bonds. The van der Waals surface area contributed by atoms with Gasteiger partial charge in [0.25, 0.3) is 0 Å². The fourth-order valence-corrected chi connectivity index (χ4v) is 1.35. The minimum absolute atomic E-state index is 0.0326. The summed E-state index contributed by atoms with van der Waals surface area (Å²) in [6, 6.07) is 7.22. The van der Waals surface area contributed by atoms with Crippen molar-refractivity contribution in [3.8, 4) is 0 Å². The van der Waals surface area contributed by atoms with E-state index in [-0.39, 0.29) is 11.5 Å². The average Bonchev–Trinajstić information content (AvgIpc) is 2.33. The van der Waals surface area contributed by atoms with Crippen LogP contribution in [0, 0.1) is 5.82 Å². The molecule has 1 heterocycles. The Morgan fingerprint density at radius 3 is 2.69 bits per heavy atom. The molecule has 0 saturated heterocycles. The highest BCUT2D eigenvalue weighted by molar-refractivity contribution is 6.09. The van der Waals surface area contributed by atoms with E-state index in [0.717, 1.165) is 0 Å². The molecule has 0 radical (unpaired) electrons. The van der Waals surface area contributed by atoms with E-state index in [1.165, 1.54) is 24.4 Å². The third-order valence-electron chi connectivity index (χ3n) is 2.18. The maximum atomic E-state index is 12.9. The maximum absolute atomic E-state index is 12.9. The van der Waals surface area contributed by atoms with Crippen molar-refractivity contribution in [3.05, 3.63) is 59.7 Å². The standard InChI is InChI=1S/C12H9FN2O/c13-10-4-3-8(6-11(10)14)12(16)9-2-1-5-15-7-9/h1-7H,14H2. The first-order valence-corrected chi connectivity index (χ1v) is 4.68. The van der Waals surface area contributed by atoms with E-state index in [0.29, 0.717) is 11.1 Å². The van der Waals surface area contributed by atoms with Crippen LogP contribution in [-0.4, -0.2) is 10.8 Å². The number of benzene rings is 1. The topological polar surface area (TPSA) is 56.0 Å². The maximum Gasteiger partial charge on any atom is 0.194 e. The first-order valence-electron chi connectivity index (χ1n) is 4.68. The van der Waals surface area contributed by atoms with Crippen molar-refractivity contribution in [1.29, 1.82) is 0 Å². The van der Waals surface area contributed by atoms with Gasteiger partial charge in [-0.05, 0) is 30.3 Å². The summed E-state index contributed by atoms with van der Waals surface area (Å²) >= 11 is 0. The number of nitrogens with two attached hydrogens (primary N) is 1. The number of carbonyl (C=O) groups excluding carboxylic acids is 1. The molecule has 2 aromatic rings. The second-order valence-electron chi connectivity index (χ2n) is 3.31. The number of aromatic nitrogens is 1. The Morgan fingerprint density at radius 1 is 1.25 bits per heavy atom. The molecular formula is C12H9FN2O. The van der Waals surface area contributed by atoms with E-state index >= 15 is 0 Å². The zero-order valence-electron chi connectivity index (χ0n) is 8.35. The fourth-order valence-electron chi connectivity index (χ4n) is 1.35. The molecule has 1 aromatic heterocycles. The van der Waals surface area contributed by atoms with Gasteiger partial charge in [0.1, 0.15) is 5.82 Å². The molecule has 3 nitrogen and oxygen atoms in total. The Morgan fingerprint density at radius 2 is 2.06 bits per heavy atom. The van der Waals surface area contributed by atoms with E-state index in [4.69, 9.17) is 5.73 Å². The van der Waals surface area contributed by atoms with Gasteiger partial charge in [-0.1, -0.05) is 0 Å². The van der Waals surface area contributed by atoms with E-state index in [1.807, 2.05) is 0 Å². The number of hydrogen-bond donors (Lipinski definition) is 1. The molecule has 80 valence electrons. The number of pyridine rings is 1. The Labute approximate surface area is 91.7 Å². The molecule has 0 saturated carbocycles. The molecule has 1 aromatic carbocycles. The summed E-state index contributed by atoms with van der Waals surface area (Å²) in [6.45, 7) is 0. The predicted octanol–water partition coefficient (Wildman–Crippen LogP) is 2.03. The van der Waals surface area contributed by atoms with Crippen LogP contribution in [0.1, 0.15) is 15.9 Å². The van der Waals surface area contributed by atoms with Gasteiger partial charge in [0.2, 0.25) is 0 Å². The summed E-state index contributed by atoms with van der Waals surface area (Å²) in [4.78, 5) is 15.7. The Kier molecular flexibility index (Phi) is 2.64. The van der Waals surface area contributed by atoms with E-state index < -0.39 is 5.82 Å². The summed E-state index contributed by atoms with van der Waals surface area (Å²) in [7, 11) is 0. The molecule has 0 bridgehead atoms. The number of halogens is 1. The molecule has 0 aliphatic rings. The van der Waals surface area contributed by atoms with Gasteiger partial charge in [-0.15, -0.1) is 0 Å². The Balaban J connectivity index is 2.39. The Bertz CT molecular complexity index is 526. The van der Waals surface area contributed by atoms with Crippen LogP contribution < -0.4 is 5.73 Å². The van der Waals surface area contributed by atoms with Crippen LogP contribution in [0.15, 0.2) is 42.7 Å². The number of nitrogens with zero attached hydrogens (tertiary/aromatic N) is 1. The largest absolute Gasteiger partial charge is 0.396 e. The van der Waals surface area contributed by atoms with Crippen molar-refractivity contribution in [2.75, 3.05) is 5.73 Å². The molecule has 0 aliphatic carbocycles. The predicted molar refractivity (Wildman–Crippen MR) is 58.5 cm³/mol. The zero-order valence-corrected chi connectivity index (χ0v) is 8.35. The summed E-state index contributed by atoms with van der Waals surface area (Å²) in [6.07, 6.45) is 3.04. The van der Waals surface area contributed by atoms with Crippen LogP contribution in [0.25, 0.3) is 0 Å². The lowest BCUT2D eigenvalue weighted by atomic mass is 10.0. The number of anilines is 1. The molecule has 0 aliphatic heterocycles. The van der Waals surface area contributed by atoms with Gasteiger partial charge >= 0.3 is 0 Å². The smallest absolute Gasteiger partial charge is 0.194 e. The van der Waals surface area contributed by atoms with Crippen LogP contribution in [0.5, 0.6) is 0 Å². The van der Waals surface area contributed by atoms with Crippen molar-refractivity contribution in [2.45, 2.75) is 0 Å². The van der Waals surface area contributed by atoms with Crippen molar-refractivity contribution in [1.82, 2.24) is 4.98 Å². The van der Waals surface area contributed by atoms with Crippen molar-refractivity contribution >= 4 is 11.5 Å². The zero-order chi connectivity index (χ0) is 11.5. The van der Waals surface area contributed by atoms with Crippen LogP contribution in [0.2, 0.25) is 0 Å². The monoisotopic (exact) mass is 216 g/mol. The molecule has 2 N–H and O–H groups in total. The van der Waals surface area contributed by atoms with Crippen LogP contribution in [-0.2, 0) is 0 Å². The van der Waals surface area contributed by atoms with E-state index in [2.05, 4.69) is 4.98 Å². The third kappa shape index (κ3) is 1.91. The van der Waals surface area contributed by atoms with E-state index in [9.17, 15) is 9.18 Å². The van der Waals surface area contributed by atoms with Crippen LogP contribution in [0.3, 0.4) is 0 Å². The molecule has 16 heavy (non-hydrogen) atoms. The third-order valence-corrected chi connectivity index (χ3v) is 2.18. The second kappa shape index (κ2) is 4.10. The van der Waals surface area contributed by atoms with Crippen molar-refractivity contribution in [3.63, 3.8) is 0 Å². The van der Waals surface area contributed by atoms with Gasteiger partial charge in [0.05, 0.1) is 5.69 Å². The lowest BCUT2D eigenvalue weighted by molar-refractivity contribution is 0.103. The molecule has 2 rings (SSSR count). The number of hydrogen-bond acceptors (Lipinski definition) is 3. The van der Waals surface area contributed by atoms with Crippen LogP contribution in [0.4, 0.5) is 10.1 Å². The average molecular weight is 216 g/mol. The molecular weight excluding hydrogens is 207 g/mol. The first-order chi connectivity index (χ1) is 7.68. The highest BCUT2D eigenvalue weighted by Gasteiger charge is 2.10. The minimum atomic E-state index is -0.525. The van der Waals surface area contributed by atoms with Crippen molar-refractivity contribution in [2.24, 2.45) is 0 Å². The number of ketones is 1. The number of carbonyl (C=O) groups is 1. The van der Waals surface area contributed by atoms with Gasteiger partial charge in [-0.2, -0.15) is 0 Å². The van der Waals surface area contributed by atoms with Crippen molar-refractivity contribution < 1.29 is 9.18 Å². The van der Waals surface area contributed by atoms with Gasteiger partial charge in [0.15, 0.2) is 5.78 Å². The second-order valence-corrected chi connectivity index (χ2v) is 3.31. The van der Waals surface area contributed by atoms with Crippen LogP contribution >= 0.6 is 0 Å².